The molecule has 0 saturated carbocycles. The van der Waals surface area contributed by atoms with Crippen LogP contribution in [0, 0.1) is 0 Å². The van der Waals surface area contributed by atoms with Gasteiger partial charge in [-0.25, -0.2) is 0 Å². The lowest BCUT2D eigenvalue weighted by Gasteiger charge is -2.11. The lowest BCUT2D eigenvalue weighted by Crippen LogP contribution is -1.97. The van der Waals surface area contributed by atoms with Crippen LogP contribution in [0.1, 0.15) is 16.5 Å². The fourth-order valence-corrected chi connectivity index (χ4v) is 2.60. The van der Waals surface area contributed by atoms with Gasteiger partial charge in [0.2, 0.25) is 0 Å². The van der Waals surface area contributed by atoms with E-state index in [2.05, 4.69) is 20.9 Å². The fourth-order valence-electron chi connectivity index (χ4n) is 1.59. The van der Waals surface area contributed by atoms with E-state index in [1.807, 2.05) is 24.3 Å². The van der Waals surface area contributed by atoms with E-state index >= 15 is 0 Å². The molecule has 0 spiro atoms. The second-order valence-corrected chi connectivity index (χ2v) is 6.01. The summed E-state index contributed by atoms with van der Waals surface area (Å²) in [5.74, 6) is 0. The van der Waals surface area contributed by atoms with E-state index in [1.54, 1.807) is 12.4 Å². The second kappa shape index (κ2) is 6.25. The maximum absolute atomic E-state index is 6.39. The molecule has 5 heteroatoms. The Balaban J connectivity index is 2.19. The Morgan fingerprint density at radius 2 is 1.94 bits per heavy atom. The van der Waals surface area contributed by atoms with Crippen molar-refractivity contribution in [2.75, 3.05) is 0 Å². The first kappa shape index (κ1) is 14.1. The average molecular weight is 365 g/mol. The van der Waals surface area contributed by atoms with Crippen molar-refractivity contribution < 1.29 is 0 Å². The summed E-state index contributed by atoms with van der Waals surface area (Å²) in [5, 5.41) is 1.15. The molecule has 0 bridgehead atoms. The summed E-state index contributed by atoms with van der Waals surface area (Å²) >= 11 is 21.8. The first-order valence-corrected chi connectivity index (χ1v) is 7.24. The zero-order valence-electron chi connectivity index (χ0n) is 9.21. The molecule has 1 atom stereocenters. The molecule has 2 rings (SSSR count). The van der Waals surface area contributed by atoms with Gasteiger partial charge in [-0.2, -0.15) is 0 Å². The second-order valence-electron chi connectivity index (χ2n) is 3.81. The SMILES string of the molecule is Clc1ccc(C(Cl)Cc2ccncc2Cl)cc1Br. The highest BCUT2D eigenvalue weighted by Crippen LogP contribution is 2.32. The standard InChI is InChI=1S/C13H9BrCl3N/c14-10-5-8(1-2-11(10)15)12(16)6-9-3-4-18-7-13(9)17/h1-5,7,12H,6H2. The molecule has 1 unspecified atom stereocenters. The molecule has 0 N–H and O–H groups in total. The Kier molecular flexibility index (Phi) is 4.91. The van der Waals surface area contributed by atoms with Crippen LogP contribution < -0.4 is 0 Å². The summed E-state index contributed by atoms with van der Waals surface area (Å²) in [5.41, 5.74) is 1.98. The van der Waals surface area contributed by atoms with Crippen LogP contribution in [0.15, 0.2) is 41.1 Å². The molecule has 0 aliphatic carbocycles. The van der Waals surface area contributed by atoms with Gasteiger partial charge in [-0.05, 0) is 51.7 Å². The van der Waals surface area contributed by atoms with Crippen LogP contribution in [0.4, 0.5) is 0 Å². The highest BCUT2D eigenvalue weighted by molar-refractivity contribution is 9.10. The van der Waals surface area contributed by atoms with Crippen LogP contribution in [0.5, 0.6) is 0 Å². The molecule has 94 valence electrons. The summed E-state index contributed by atoms with van der Waals surface area (Å²) in [6.07, 6.45) is 3.98. The Hall–Kier alpha value is -0.280. The van der Waals surface area contributed by atoms with Crippen LogP contribution in [0.3, 0.4) is 0 Å². The molecule has 0 radical (unpaired) electrons. The maximum atomic E-state index is 6.39. The molecule has 1 aromatic carbocycles. The number of rotatable bonds is 3. The van der Waals surface area contributed by atoms with E-state index in [0.29, 0.717) is 16.5 Å². The molecule has 1 nitrogen and oxygen atoms in total. The van der Waals surface area contributed by atoms with E-state index in [1.165, 1.54) is 0 Å². The van der Waals surface area contributed by atoms with Gasteiger partial charge in [-0.15, -0.1) is 11.6 Å². The molecule has 0 aliphatic rings. The summed E-state index contributed by atoms with van der Waals surface area (Å²) in [7, 11) is 0. The maximum Gasteiger partial charge on any atom is 0.0626 e. The van der Waals surface area contributed by atoms with Crippen LogP contribution in [-0.2, 0) is 6.42 Å². The van der Waals surface area contributed by atoms with Crippen LogP contribution >= 0.6 is 50.7 Å². The first-order valence-electron chi connectivity index (χ1n) is 5.25. The van der Waals surface area contributed by atoms with E-state index in [9.17, 15) is 0 Å². The van der Waals surface area contributed by atoms with Crippen molar-refractivity contribution in [3.8, 4) is 0 Å². The number of hydrogen-bond donors (Lipinski definition) is 0. The number of hydrogen-bond acceptors (Lipinski definition) is 1. The minimum absolute atomic E-state index is 0.154. The third-order valence-corrected chi connectivity index (χ3v) is 4.52. The number of pyridine rings is 1. The number of alkyl halides is 1. The monoisotopic (exact) mass is 363 g/mol. The van der Waals surface area contributed by atoms with Gasteiger partial charge < -0.3 is 0 Å². The quantitative estimate of drug-likeness (QED) is 0.638. The smallest absolute Gasteiger partial charge is 0.0626 e. The van der Waals surface area contributed by atoms with Crippen LogP contribution in [0.2, 0.25) is 10.0 Å². The Morgan fingerprint density at radius 3 is 2.61 bits per heavy atom. The topological polar surface area (TPSA) is 12.9 Å². The van der Waals surface area contributed by atoms with E-state index in [4.69, 9.17) is 34.8 Å². The first-order chi connectivity index (χ1) is 8.58. The van der Waals surface area contributed by atoms with Gasteiger partial charge in [0.25, 0.3) is 0 Å². The molecule has 1 heterocycles. The normalized spacial score (nSPS) is 12.4. The van der Waals surface area contributed by atoms with Gasteiger partial charge in [-0.3, -0.25) is 4.98 Å². The van der Waals surface area contributed by atoms with Gasteiger partial charge in [0.05, 0.1) is 15.4 Å². The van der Waals surface area contributed by atoms with Gasteiger partial charge >= 0.3 is 0 Å². The third kappa shape index (κ3) is 3.39. The zero-order valence-corrected chi connectivity index (χ0v) is 13.1. The molecule has 18 heavy (non-hydrogen) atoms. The van der Waals surface area contributed by atoms with Gasteiger partial charge in [0, 0.05) is 16.9 Å². The summed E-state index contributed by atoms with van der Waals surface area (Å²) in [6, 6.07) is 7.54. The van der Waals surface area contributed by atoms with E-state index in [-0.39, 0.29) is 5.38 Å². The summed E-state index contributed by atoms with van der Waals surface area (Å²) < 4.78 is 0.841. The number of halogens is 4. The van der Waals surface area contributed by atoms with Gasteiger partial charge in [-0.1, -0.05) is 29.3 Å². The van der Waals surface area contributed by atoms with Crippen molar-refractivity contribution in [2.24, 2.45) is 0 Å². The van der Waals surface area contributed by atoms with E-state index in [0.717, 1.165) is 15.6 Å². The molecule has 0 saturated heterocycles. The van der Waals surface area contributed by atoms with Crippen molar-refractivity contribution in [3.05, 3.63) is 62.3 Å². The van der Waals surface area contributed by atoms with Crippen molar-refractivity contribution in [3.63, 3.8) is 0 Å². The van der Waals surface area contributed by atoms with Crippen LogP contribution in [-0.4, -0.2) is 4.98 Å². The van der Waals surface area contributed by atoms with Crippen molar-refractivity contribution >= 4 is 50.7 Å². The third-order valence-electron chi connectivity index (χ3n) is 2.56. The van der Waals surface area contributed by atoms with Gasteiger partial charge in [0.15, 0.2) is 0 Å². The number of aromatic nitrogens is 1. The van der Waals surface area contributed by atoms with Crippen molar-refractivity contribution in [1.29, 1.82) is 0 Å². The molecule has 2 aromatic rings. The lowest BCUT2D eigenvalue weighted by molar-refractivity contribution is 0.915. The van der Waals surface area contributed by atoms with Crippen molar-refractivity contribution in [1.82, 2.24) is 4.98 Å². The largest absolute Gasteiger partial charge is 0.263 e. The molecule has 0 amide bonds. The zero-order chi connectivity index (χ0) is 13.1. The summed E-state index contributed by atoms with van der Waals surface area (Å²) in [6.45, 7) is 0. The highest BCUT2D eigenvalue weighted by atomic mass is 79.9. The minimum Gasteiger partial charge on any atom is -0.263 e. The van der Waals surface area contributed by atoms with Gasteiger partial charge in [0.1, 0.15) is 0 Å². The Labute approximate surface area is 129 Å². The number of benzene rings is 1. The summed E-state index contributed by atoms with van der Waals surface area (Å²) in [4.78, 5) is 3.95. The molecule has 1 aromatic heterocycles. The number of nitrogens with zero attached hydrogens (tertiary/aromatic N) is 1. The Bertz CT molecular complexity index is 560. The predicted octanol–water partition coefficient (Wildman–Crippen LogP) is 5.67. The van der Waals surface area contributed by atoms with Crippen molar-refractivity contribution in [2.45, 2.75) is 11.8 Å². The molecular weight excluding hydrogens is 356 g/mol. The fraction of sp³-hybridized carbons (Fsp3) is 0.154. The lowest BCUT2D eigenvalue weighted by atomic mass is 10.0. The van der Waals surface area contributed by atoms with E-state index < -0.39 is 0 Å². The minimum atomic E-state index is -0.154. The molecular formula is C13H9BrCl3N. The highest BCUT2D eigenvalue weighted by Gasteiger charge is 2.12. The predicted molar refractivity (Wildman–Crippen MR) is 80.7 cm³/mol. The molecule has 0 fully saturated rings. The Morgan fingerprint density at radius 1 is 1.17 bits per heavy atom. The molecule has 0 aliphatic heterocycles. The average Bonchev–Trinajstić information content (AvgIpc) is 2.35. The van der Waals surface area contributed by atoms with Crippen LogP contribution in [0.25, 0.3) is 0 Å².